The average molecular weight is 217 g/mol. The molecule has 0 atom stereocenters. The van der Waals surface area contributed by atoms with E-state index >= 15 is 0 Å². The Morgan fingerprint density at radius 3 is 2.81 bits per heavy atom. The molecule has 4 nitrogen and oxygen atoms in total. The lowest BCUT2D eigenvalue weighted by Crippen LogP contribution is -2.01. The van der Waals surface area contributed by atoms with Crippen molar-refractivity contribution in [3.05, 3.63) is 24.0 Å². The summed E-state index contributed by atoms with van der Waals surface area (Å²) in [7, 11) is 1.63. The van der Waals surface area contributed by atoms with Gasteiger partial charge < -0.3 is 10.5 Å². The van der Waals surface area contributed by atoms with Crippen LogP contribution < -0.4 is 10.5 Å². The number of nitrogen functional groups attached to an aromatic ring is 1. The van der Waals surface area contributed by atoms with E-state index in [1.807, 2.05) is 18.2 Å². The van der Waals surface area contributed by atoms with Crippen LogP contribution in [0.3, 0.4) is 0 Å². The minimum atomic E-state index is 0.521. The summed E-state index contributed by atoms with van der Waals surface area (Å²) in [5.74, 6) is 2.09. The van der Waals surface area contributed by atoms with Crippen LogP contribution in [-0.2, 0) is 6.42 Å². The van der Waals surface area contributed by atoms with Crippen LogP contribution in [0.4, 0.5) is 5.82 Å². The predicted octanol–water partition coefficient (Wildman–Crippen LogP) is 2.17. The molecule has 0 amide bonds. The SMILES string of the molecule is CCCc1nc(N)c2cc(OC)ccc2n1. The standard InChI is InChI=1S/C12H15N3O/c1-3-4-11-14-10-6-5-8(16-2)7-9(10)12(13)15-11/h5-7H,3-4H2,1-2H3,(H2,13,14,15). The van der Waals surface area contributed by atoms with E-state index in [9.17, 15) is 0 Å². The van der Waals surface area contributed by atoms with E-state index in [0.717, 1.165) is 35.3 Å². The zero-order valence-electron chi connectivity index (χ0n) is 9.53. The van der Waals surface area contributed by atoms with Crippen LogP contribution in [0.5, 0.6) is 5.75 Å². The molecule has 0 aliphatic carbocycles. The van der Waals surface area contributed by atoms with Gasteiger partial charge in [-0.25, -0.2) is 9.97 Å². The number of fused-ring (bicyclic) bond motifs is 1. The Kier molecular flexibility index (Phi) is 2.90. The van der Waals surface area contributed by atoms with Gasteiger partial charge in [0.05, 0.1) is 12.6 Å². The molecule has 1 aromatic carbocycles. The molecule has 0 bridgehead atoms. The number of methoxy groups -OCH3 is 1. The first kappa shape index (κ1) is 10.7. The normalized spacial score (nSPS) is 10.6. The quantitative estimate of drug-likeness (QED) is 0.855. The number of ether oxygens (including phenoxy) is 1. The van der Waals surface area contributed by atoms with Gasteiger partial charge in [0.15, 0.2) is 0 Å². The second kappa shape index (κ2) is 4.35. The lowest BCUT2D eigenvalue weighted by atomic mass is 10.2. The number of anilines is 1. The summed E-state index contributed by atoms with van der Waals surface area (Å²) in [6.45, 7) is 2.10. The smallest absolute Gasteiger partial charge is 0.135 e. The molecule has 0 fully saturated rings. The van der Waals surface area contributed by atoms with Crippen LogP contribution >= 0.6 is 0 Å². The number of aromatic nitrogens is 2. The highest BCUT2D eigenvalue weighted by atomic mass is 16.5. The highest BCUT2D eigenvalue weighted by Gasteiger charge is 2.05. The van der Waals surface area contributed by atoms with Crippen molar-refractivity contribution in [2.75, 3.05) is 12.8 Å². The Balaban J connectivity index is 2.57. The van der Waals surface area contributed by atoms with Gasteiger partial charge in [0.1, 0.15) is 17.4 Å². The van der Waals surface area contributed by atoms with Gasteiger partial charge in [-0.15, -0.1) is 0 Å². The first-order valence-corrected chi connectivity index (χ1v) is 5.34. The molecule has 1 heterocycles. The molecule has 0 aliphatic heterocycles. The van der Waals surface area contributed by atoms with Crippen molar-refractivity contribution in [2.24, 2.45) is 0 Å². The van der Waals surface area contributed by atoms with Crippen molar-refractivity contribution in [3.8, 4) is 5.75 Å². The van der Waals surface area contributed by atoms with E-state index in [1.54, 1.807) is 7.11 Å². The predicted molar refractivity (Wildman–Crippen MR) is 64.5 cm³/mol. The van der Waals surface area contributed by atoms with Gasteiger partial charge in [0.25, 0.3) is 0 Å². The first-order valence-electron chi connectivity index (χ1n) is 5.34. The van der Waals surface area contributed by atoms with Gasteiger partial charge in [0, 0.05) is 11.8 Å². The number of nitrogens with two attached hydrogens (primary N) is 1. The third-order valence-electron chi connectivity index (χ3n) is 2.45. The van der Waals surface area contributed by atoms with Crippen LogP contribution in [-0.4, -0.2) is 17.1 Å². The molecule has 4 heteroatoms. The van der Waals surface area contributed by atoms with Gasteiger partial charge in [0.2, 0.25) is 0 Å². The van der Waals surface area contributed by atoms with Gasteiger partial charge >= 0.3 is 0 Å². The van der Waals surface area contributed by atoms with Crippen molar-refractivity contribution in [2.45, 2.75) is 19.8 Å². The third-order valence-corrected chi connectivity index (χ3v) is 2.45. The molecule has 2 rings (SSSR count). The van der Waals surface area contributed by atoms with Gasteiger partial charge in [-0.2, -0.15) is 0 Å². The minimum Gasteiger partial charge on any atom is -0.497 e. The van der Waals surface area contributed by atoms with Crippen LogP contribution in [0.2, 0.25) is 0 Å². The number of benzene rings is 1. The van der Waals surface area contributed by atoms with Gasteiger partial charge in [-0.1, -0.05) is 6.92 Å². The minimum absolute atomic E-state index is 0.521. The monoisotopic (exact) mass is 217 g/mol. The lowest BCUT2D eigenvalue weighted by molar-refractivity contribution is 0.415. The fourth-order valence-electron chi connectivity index (χ4n) is 1.64. The van der Waals surface area contributed by atoms with Crippen molar-refractivity contribution in [1.82, 2.24) is 9.97 Å². The van der Waals surface area contributed by atoms with Crippen LogP contribution in [0.15, 0.2) is 18.2 Å². The Hall–Kier alpha value is -1.84. The van der Waals surface area contributed by atoms with E-state index in [0.29, 0.717) is 5.82 Å². The van der Waals surface area contributed by atoms with E-state index in [1.165, 1.54) is 0 Å². The summed E-state index contributed by atoms with van der Waals surface area (Å²) in [6.07, 6.45) is 1.87. The first-order chi connectivity index (χ1) is 7.74. The zero-order chi connectivity index (χ0) is 11.5. The number of hydrogen-bond donors (Lipinski definition) is 1. The van der Waals surface area contributed by atoms with Crippen LogP contribution in [0.25, 0.3) is 10.9 Å². The van der Waals surface area contributed by atoms with Crippen molar-refractivity contribution in [1.29, 1.82) is 0 Å². The summed E-state index contributed by atoms with van der Waals surface area (Å²) in [5, 5.41) is 0.846. The summed E-state index contributed by atoms with van der Waals surface area (Å²) >= 11 is 0. The molecule has 1 aromatic heterocycles. The summed E-state index contributed by atoms with van der Waals surface area (Å²) in [6, 6.07) is 5.65. The largest absolute Gasteiger partial charge is 0.497 e. The van der Waals surface area contributed by atoms with Crippen LogP contribution in [0, 0.1) is 0 Å². The van der Waals surface area contributed by atoms with Gasteiger partial charge in [-0.3, -0.25) is 0 Å². The molecule has 0 unspecified atom stereocenters. The molecule has 2 aromatic rings. The summed E-state index contributed by atoms with van der Waals surface area (Å²) in [4.78, 5) is 8.73. The topological polar surface area (TPSA) is 61.0 Å². The molecule has 0 saturated carbocycles. The van der Waals surface area contributed by atoms with E-state index in [4.69, 9.17) is 10.5 Å². The molecule has 0 spiro atoms. The molecular weight excluding hydrogens is 202 g/mol. The maximum atomic E-state index is 5.90. The summed E-state index contributed by atoms with van der Waals surface area (Å²) in [5.41, 5.74) is 6.78. The third kappa shape index (κ3) is 1.91. The maximum absolute atomic E-state index is 5.90. The lowest BCUT2D eigenvalue weighted by Gasteiger charge is -2.06. The fourth-order valence-corrected chi connectivity index (χ4v) is 1.64. The molecule has 16 heavy (non-hydrogen) atoms. The van der Waals surface area contributed by atoms with Crippen LogP contribution in [0.1, 0.15) is 19.2 Å². The van der Waals surface area contributed by atoms with E-state index in [2.05, 4.69) is 16.9 Å². The molecular formula is C12H15N3O. The number of hydrogen-bond acceptors (Lipinski definition) is 4. The molecule has 0 radical (unpaired) electrons. The molecule has 0 saturated heterocycles. The Morgan fingerprint density at radius 2 is 2.12 bits per heavy atom. The van der Waals surface area contributed by atoms with Crippen molar-refractivity contribution < 1.29 is 4.74 Å². The Labute approximate surface area is 94.5 Å². The molecule has 84 valence electrons. The highest BCUT2D eigenvalue weighted by Crippen LogP contribution is 2.23. The highest BCUT2D eigenvalue weighted by molar-refractivity contribution is 5.89. The average Bonchev–Trinajstić information content (AvgIpc) is 2.29. The zero-order valence-corrected chi connectivity index (χ0v) is 9.53. The van der Waals surface area contributed by atoms with Crippen molar-refractivity contribution in [3.63, 3.8) is 0 Å². The molecule has 2 N–H and O–H groups in total. The summed E-state index contributed by atoms with van der Waals surface area (Å²) < 4.78 is 5.14. The fraction of sp³-hybridized carbons (Fsp3) is 0.333. The second-order valence-corrected chi connectivity index (χ2v) is 3.66. The van der Waals surface area contributed by atoms with E-state index in [-0.39, 0.29) is 0 Å². The van der Waals surface area contributed by atoms with Crippen molar-refractivity contribution >= 4 is 16.7 Å². The number of rotatable bonds is 3. The Bertz CT molecular complexity index is 511. The van der Waals surface area contributed by atoms with Gasteiger partial charge in [-0.05, 0) is 24.6 Å². The number of nitrogens with zero attached hydrogens (tertiary/aromatic N) is 2. The maximum Gasteiger partial charge on any atom is 0.135 e. The molecule has 0 aliphatic rings. The second-order valence-electron chi connectivity index (χ2n) is 3.66. The Morgan fingerprint density at radius 1 is 1.31 bits per heavy atom. The van der Waals surface area contributed by atoms with E-state index < -0.39 is 0 Å². The number of aryl methyl sites for hydroxylation is 1.